The quantitative estimate of drug-likeness (QED) is 0.362. The maximum Gasteiger partial charge on any atom is 0.191 e. The smallest absolute Gasteiger partial charge is 0.191 e. The van der Waals surface area contributed by atoms with Crippen molar-refractivity contribution in [1.29, 1.82) is 0 Å². The summed E-state index contributed by atoms with van der Waals surface area (Å²) in [5.74, 6) is 2.26. The predicted molar refractivity (Wildman–Crippen MR) is 121 cm³/mol. The summed E-state index contributed by atoms with van der Waals surface area (Å²) in [6, 6.07) is 10.6. The fourth-order valence-corrected chi connectivity index (χ4v) is 3.19. The van der Waals surface area contributed by atoms with Gasteiger partial charge in [-0.05, 0) is 43.2 Å². The minimum absolute atomic E-state index is 0. The van der Waals surface area contributed by atoms with Crippen LogP contribution in [0.2, 0.25) is 0 Å². The first kappa shape index (κ1) is 22.3. The maximum absolute atomic E-state index is 13.0. The highest BCUT2D eigenvalue weighted by atomic mass is 127. The van der Waals surface area contributed by atoms with Gasteiger partial charge >= 0.3 is 0 Å². The summed E-state index contributed by atoms with van der Waals surface area (Å²) in [5, 5.41) is 6.57. The number of ether oxygens (including phenoxy) is 2. The van der Waals surface area contributed by atoms with Crippen LogP contribution in [0.5, 0.6) is 11.5 Å². The molecule has 0 saturated carbocycles. The summed E-state index contributed by atoms with van der Waals surface area (Å²) in [6.07, 6.45) is 1.90. The van der Waals surface area contributed by atoms with Crippen molar-refractivity contribution in [3.63, 3.8) is 0 Å². The molecule has 1 aliphatic heterocycles. The third kappa shape index (κ3) is 5.73. The van der Waals surface area contributed by atoms with E-state index in [1.54, 1.807) is 26.3 Å². The molecular weight excluding hydrogens is 472 g/mol. The van der Waals surface area contributed by atoms with Gasteiger partial charge in [-0.3, -0.25) is 4.99 Å². The number of fused-ring (bicyclic) bond motifs is 1. The summed E-state index contributed by atoms with van der Waals surface area (Å²) < 4.78 is 24.3. The van der Waals surface area contributed by atoms with E-state index >= 15 is 0 Å². The van der Waals surface area contributed by atoms with E-state index in [4.69, 9.17) is 9.47 Å². The number of benzene rings is 2. The van der Waals surface area contributed by atoms with Crippen molar-refractivity contribution in [2.45, 2.75) is 32.4 Å². The van der Waals surface area contributed by atoms with Gasteiger partial charge in [0.2, 0.25) is 0 Å². The largest absolute Gasteiger partial charge is 0.496 e. The number of methoxy groups -OCH3 is 1. The van der Waals surface area contributed by atoms with Crippen LogP contribution in [0.1, 0.15) is 23.6 Å². The van der Waals surface area contributed by atoms with Crippen molar-refractivity contribution < 1.29 is 13.9 Å². The Kier molecular flexibility index (Phi) is 8.35. The zero-order valence-corrected chi connectivity index (χ0v) is 18.8. The van der Waals surface area contributed by atoms with E-state index in [-0.39, 0.29) is 35.9 Å². The van der Waals surface area contributed by atoms with E-state index in [1.165, 1.54) is 17.7 Å². The number of guanidine groups is 1. The fourth-order valence-electron chi connectivity index (χ4n) is 3.19. The molecule has 2 aromatic carbocycles. The first-order valence-electron chi connectivity index (χ1n) is 9.14. The molecule has 3 rings (SSSR count). The Morgan fingerprint density at radius 2 is 2.00 bits per heavy atom. The van der Waals surface area contributed by atoms with Gasteiger partial charge in [0.25, 0.3) is 0 Å². The molecule has 0 fully saturated rings. The van der Waals surface area contributed by atoms with Gasteiger partial charge in [0.1, 0.15) is 23.4 Å². The Bertz CT molecular complexity index is 812. The molecule has 0 aromatic heterocycles. The monoisotopic (exact) mass is 499 g/mol. The molecule has 1 unspecified atom stereocenters. The third-order valence-electron chi connectivity index (χ3n) is 4.59. The van der Waals surface area contributed by atoms with E-state index in [0.29, 0.717) is 19.0 Å². The molecule has 0 aliphatic carbocycles. The molecule has 0 saturated heterocycles. The first-order chi connectivity index (χ1) is 13.1. The fraction of sp³-hybridized carbons (Fsp3) is 0.381. The zero-order chi connectivity index (χ0) is 19.2. The number of halogens is 2. The predicted octanol–water partition coefficient (Wildman–Crippen LogP) is 3.68. The van der Waals surface area contributed by atoms with Crippen LogP contribution in [0.15, 0.2) is 41.4 Å². The molecule has 5 nitrogen and oxygen atoms in total. The van der Waals surface area contributed by atoms with Crippen LogP contribution in [0.3, 0.4) is 0 Å². The second kappa shape index (κ2) is 10.5. The molecule has 28 heavy (non-hydrogen) atoms. The Balaban J connectivity index is 0.00000280. The van der Waals surface area contributed by atoms with Crippen molar-refractivity contribution >= 4 is 29.9 Å². The van der Waals surface area contributed by atoms with Gasteiger partial charge in [-0.25, -0.2) is 4.39 Å². The number of nitrogens with zero attached hydrogens (tertiary/aromatic N) is 1. The second-order valence-corrected chi connectivity index (χ2v) is 6.63. The molecule has 0 amide bonds. The Morgan fingerprint density at radius 3 is 2.68 bits per heavy atom. The lowest BCUT2D eigenvalue weighted by Gasteiger charge is -2.15. The summed E-state index contributed by atoms with van der Waals surface area (Å²) in [4.78, 5) is 4.25. The van der Waals surface area contributed by atoms with Gasteiger partial charge in [0.05, 0.1) is 7.11 Å². The van der Waals surface area contributed by atoms with Crippen LogP contribution in [0.4, 0.5) is 4.39 Å². The van der Waals surface area contributed by atoms with Crippen LogP contribution in [-0.4, -0.2) is 32.8 Å². The van der Waals surface area contributed by atoms with Crippen molar-refractivity contribution in [2.75, 3.05) is 20.7 Å². The number of hydrogen-bond acceptors (Lipinski definition) is 3. The third-order valence-corrected chi connectivity index (χ3v) is 4.59. The van der Waals surface area contributed by atoms with E-state index < -0.39 is 0 Å². The minimum Gasteiger partial charge on any atom is -0.496 e. The minimum atomic E-state index is -0.217. The van der Waals surface area contributed by atoms with E-state index in [2.05, 4.69) is 28.6 Å². The molecule has 1 heterocycles. The van der Waals surface area contributed by atoms with E-state index in [0.717, 1.165) is 35.5 Å². The lowest BCUT2D eigenvalue weighted by Crippen LogP contribution is -2.37. The molecule has 0 radical (unpaired) electrons. The average Bonchev–Trinajstić information content (AvgIpc) is 3.04. The summed E-state index contributed by atoms with van der Waals surface area (Å²) in [7, 11) is 3.41. The van der Waals surface area contributed by atoms with Crippen molar-refractivity contribution in [3.05, 3.63) is 58.9 Å². The van der Waals surface area contributed by atoms with Gasteiger partial charge in [-0.1, -0.05) is 12.1 Å². The van der Waals surface area contributed by atoms with Crippen LogP contribution < -0.4 is 20.1 Å². The Labute approximate surface area is 182 Å². The van der Waals surface area contributed by atoms with Gasteiger partial charge in [-0.2, -0.15) is 0 Å². The molecule has 1 aliphatic rings. The van der Waals surface area contributed by atoms with Gasteiger partial charge in [-0.15, -0.1) is 24.0 Å². The Morgan fingerprint density at radius 1 is 1.25 bits per heavy atom. The standard InChI is InChI=1S/C21H26FN3O2.HI/c1-14-10-16-11-19(26-3)17(12-20(16)27-14)13-25-21(23-2)24-9-8-15-4-6-18(22)7-5-15;/h4-7,11-12,14H,8-10,13H2,1-3H3,(H2,23,24,25);1H. The lowest BCUT2D eigenvalue weighted by molar-refractivity contribution is 0.254. The summed E-state index contributed by atoms with van der Waals surface area (Å²) in [5.41, 5.74) is 3.28. The van der Waals surface area contributed by atoms with E-state index in [9.17, 15) is 4.39 Å². The van der Waals surface area contributed by atoms with Gasteiger partial charge in [0.15, 0.2) is 5.96 Å². The topological polar surface area (TPSA) is 54.9 Å². The normalized spacial score (nSPS) is 15.3. The molecule has 1 atom stereocenters. The summed E-state index contributed by atoms with van der Waals surface area (Å²) >= 11 is 0. The SMILES string of the molecule is CN=C(NCCc1ccc(F)cc1)NCc1cc2c(cc1OC)CC(C)O2.I. The highest BCUT2D eigenvalue weighted by molar-refractivity contribution is 14.0. The molecule has 7 heteroatoms. The molecule has 152 valence electrons. The lowest BCUT2D eigenvalue weighted by atomic mass is 10.1. The molecule has 2 N–H and O–H groups in total. The van der Waals surface area contributed by atoms with Crippen LogP contribution >= 0.6 is 24.0 Å². The van der Waals surface area contributed by atoms with Crippen LogP contribution in [0, 0.1) is 5.82 Å². The maximum atomic E-state index is 13.0. The number of rotatable bonds is 6. The molecule has 0 spiro atoms. The Hall–Kier alpha value is -2.03. The molecule has 0 bridgehead atoms. The van der Waals surface area contributed by atoms with Crippen LogP contribution in [-0.2, 0) is 19.4 Å². The highest BCUT2D eigenvalue weighted by Gasteiger charge is 2.21. The van der Waals surface area contributed by atoms with Crippen molar-refractivity contribution in [2.24, 2.45) is 4.99 Å². The van der Waals surface area contributed by atoms with Gasteiger partial charge < -0.3 is 20.1 Å². The molecular formula is C21H27FIN3O2. The second-order valence-electron chi connectivity index (χ2n) is 6.63. The highest BCUT2D eigenvalue weighted by Crippen LogP contribution is 2.34. The van der Waals surface area contributed by atoms with Crippen molar-refractivity contribution in [1.82, 2.24) is 10.6 Å². The van der Waals surface area contributed by atoms with Gasteiger partial charge in [0, 0.05) is 37.7 Å². The van der Waals surface area contributed by atoms with E-state index in [1.807, 2.05) is 6.07 Å². The average molecular weight is 499 g/mol. The zero-order valence-electron chi connectivity index (χ0n) is 16.4. The first-order valence-corrected chi connectivity index (χ1v) is 9.14. The number of aliphatic imine (C=N–C) groups is 1. The summed E-state index contributed by atoms with van der Waals surface area (Å²) in [6.45, 7) is 3.34. The molecule has 2 aromatic rings. The van der Waals surface area contributed by atoms with Crippen molar-refractivity contribution in [3.8, 4) is 11.5 Å². The number of nitrogens with one attached hydrogen (secondary N) is 2. The number of hydrogen-bond donors (Lipinski definition) is 2. The van der Waals surface area contributed by atoms with Crippen LogP contribution in [0.25, 0.3) is 0 Å².